The highest BCUT2D eigenvalue weighted by Gasteiger charge is 2.15. The first-order chi connectivity index (χ1) is 9.74. The van der Waals surface area contributed by atoms with Crippen LogP contribution in [0.1, 0.15) is 26.3 Å². The van der Waals surface area contributed by atoms with E-state index >= 15 is 0 Å². The van der Waals surface area contributed by atoms with Gasteiger partial charge in [0, 0.05) is 4.47 Å². The number of nitrogen functional groups attached to an aromatic ring is 1. The molecular weight excluding hydrogens is 330 g/mol. The third-order valence-corrected chi connectivity index (χ3v) is 3.37. The molecule has 4 nitrogen and oxygen atoms in total. The van der Waals surface area contributed by atoms with Gasteiger partial charge in [-0.05, 0) is 73.5 Å². The lowest BCUT2D eigenvalue weighted by molar-refractivity contribution is 0.125. The van der Waals surface area contributed by atoms with Gasteiger partial charge >= 0.3 is 0 Å². The van der Waals surface area contributed by atoms with Crippen LogP contribution in [0.15, 0.2) is 34.8 Å². The summed E-state index contributed by atoms with van der Waals surface area (Å²) in [5.74, 6) is 1.13. The maximum Gasteiger partial charge on any atom is 0.239 e. The highest BCUT2D eigenvalue weighted by atomic mass is 79.9. The zero-order valence-electron chi connectivity index (χ0n) is 12.7. The molecule has 2 rings (SSSR count). The van der Waals surface area contributed by atoms with Crippen LogP contribution in [0.4, 0.5) is 17.2 Å². The first-order valence-corrected chi connectivity index (χ1v) is 7.52. The lowest BCUT2D eigenvalue weighted by atomic mass is 10.2. The quantitative estimate of drug-likeness (QED) is 0.846. The SMILES string of the molecule is Cc1ccc(Br)c(Nc2ccc(N)c(OC(C)(C)C)n2)c1. The first kappa shape index (κ1) is 15.6. The Hall–Kier alpha value is -1.75. The second kappa shape index (κ2) is 5.93. The van der Waals surface area contributed by atoms with Gasteiger partial charge in [-0.3, -0.25) is 0 Å². The molecule has 0 unspecified atom stereocenters. The average Bonchev–Trinajstić information content (AvgIpc) is 2.36. The highest BCUT2D eigenvalue weighted by Crippen LogP contribution is 2.29. The van der Waals surface area contributed by atoms with Gasteiger partial charge in [0.1, 0.15) is 11.4 Å². The molecule has 0 spiro atoms. The van der Waals surface area contributed by atoms with Crippen LogP contribution in [0.5, 0.6) is 5.88 Å². The summed E-state index contributed by atoms with van der Waals surface area (Å²) >= 11 is 3.52. The zero-order valence-corrected chi connectivity index (χ0v) is 14.3. The van der Waals surface area contributed by atoms with E-state index < -0.39 is 0 Å². The molecule has 0 saturated carbocycles. The molecule has 0 aliphatic heterocycles. The van der Waals surface area contributed by atoms with Gasteiger partial charge in [0.25, 0.3) is 0 Å². The van der Waals surface area contributed by atoms with Gasteiger partial charge in [-0.15, -0.1) is 0 Å². The zero-order chi connectivity index (χ0) is 15.6. The summed E-state index contributed by atoms with van der Waals surface area (Å²) in [6.45, 7) is 7.93. The van der Waals surface area contributed by atoms with Crippen molar-refractivity contribution in [3.05, 3.63) is 40.4 Å². The van der Waals surface area contributed by atoms with Crippen LogP contribution in [0.2, 0.25) is 0 Å². The summed E-state index contributed by atoms with van der Waals surface area (Å²) in [6.07, 6.45) is 0. The molecule has 1 heterocycles. The number of aryl methyl sites for hydroxylation is 1. The molecule has 0 saturated heterocycles. The van der Waals surface area contributed by atoms with Gasteiger partial charge in [0.2, 0.25) is 5.88 Å². The normalized spacial score (nSPS) is 11.3. The Kier molecular flexibility index (Phi) is 4.42. The minimum absolute atomic E-state index is 0.344. The number of hydrogen-bond acceptors (Lipinski definition) is 4. The maximum atomic E-state index is 5.92. The molecule has 0 aliphatic rings. The lowest BCUT2D eigenvalue weighted by Crippen LogP contribution is -2.24. The molecular formula is C16H20BrN3O. The fourth-order valence-electron chi connectivity index (χ4n) is 1.77. The van der Waals surface area contributed by atoms with Crippen molar-refractivity contribution in [2.45, 2.75) is 33.3 Å². The highest BCUT2D eigenvalue weighted by molar-refractivity contribution is 9.10. The molecule has 21 heavy (non-hydrogen) atoms. The molecule has 2 aromatic rings. The van der Waals surface area contributed by atoms with Crippen LogP contribution in [0.3, 0.4) is 0 Å². The van der Waals surface area contributed by atoms with E-state index in [1.54, 1.807) is 6.07 Å². The Bertz CT molecular complexity index is 650. The number of aromatic nitrogens is 1. The summed E-state index contributed by atoms with van der Waals surface area (Å²) in [7, 11) is 0. The Morgan fingerprint density at radius 2 is 1.90 bits per heavy atom. The van der Waals surface area contributed by atoms with Crippen molar-refractivity contribution in [1.82, 2.24) is 4.98 Å². The summed E-state index contributed by atoms with van der Waals surface area (Å²) in [5.41, 5.74) is 8.22. The molecule has 0 radical (unpaired) electrons. The van der Waals surface area contributed by atoms with E-state index in [4.69, 9.17) is 10.5 Å². The number of nitrogens with zero attached hydrogens (tertiary/aromatic N) is 1. The van der Waals surface area contributed by atoms with E-state index in [-0.39, 0.29) is 5.60 Å². The Balaban J connectivity index is 2.29. The summed E-state index contributed by atoms with van der Waals surface area (Å²) in [5, 5.41) is 3.27. The summed E-state index contributed by atoms with van der Waals surface area (Å²) in [4.78, 5) is 4.44. The second-order valence-electron chi connectivity index (χ2n) is 5.91. The Morgan fingerprint density at radius 1 is 1.19 bits per heavy atom. The number of nitrogens with two attached hydrogens (primary N) is 1. The monoisotopic (exact) mass is 349 g/mol. The predicted molar refractivity (Wildman–Crippen MR) is 91.2 cm³/mol. The van der Waals surface area contributed by atoms with Crippen molar-refractivity contribution in [1.29, 1.82) is 0 Å². The lowest BCUT2D eigenvalue weighted by Gasteiger charge is -2.22. The summed E-state index contributed by atoms with van der Waals surface area (Å²) < 4.78 is 6.75. The van der Waals surface area contributed by atoms with Crippen molar-refractivity contribution in [2.24, 2.45) is 0 Å². The number of anilines is 3. The number of rotatable bonds is 3. The van der Waals surface area contributed by atoms with Gasteiger partial charge in [0.15, 0.2) is 0 Å². The largest absolute Gasteiger partial charge is 0.470 e. The topological polar surface area (TPSA) is 60.2 Å². The standard InChI is InChI=1S/C16H20BrN3O/c1-10-5-6-11(17)13(9-10)19-14-8-7-12(18)15(20-14)21-16(2,3)4/h5-9H,18H2,1-4H3,(H,19,20). The van der Waals surface area contributed by atoms with Crippen LogP contribution >= 0.6 is 15.9 Å². The van der Waals surface area contributed by atoms with Gasteiger partial charge in [-0.2, -0.15) is 4.98 Å². The fraction of sp³-hybridized carbons (Fsp3) is 0.312. The molecule has 112 valence electrons. The minimum Gasteiger partial charge on any atom is -0.470 e. The van der Waals surface area contributed by atoms with E-state index in [9.17, 15) is 0 Å². The minimum atomic E-state index is -0.344. The first-order valence-electron chi connectivity index (χ1n) is 6.73. The molecule has 1 aromatic carbocycles. The number of hydrogen-bond donors (Lipinski definition) is 2. The second-order valence-corrected chi connectivity index (χ2v) is 6.77. The average molecular weight is 350 g/mol. The molecule has 0 amide bonds. The van der Waals surface area contributed by atoms with E-state index in [1.165, 1.54) is 5.56 Å². The molecule has 3 N–H and O–H groups in total. The van der Waals surface area contributed by atoms with Crippen LogP contribution in [-0.2, 0) is 0 Å². The molecule has 5 heteroatoms. The van der Waals surface area contributed by atoms with Crippen LogP contribution in [-0.4, -0.2) is 10.6 Å². The number of ether oxygens (including phenoxy) is 1. The fourth-order valence-corrected chi connectivity index (χ4v) is 2.11. The molecule has 0 fully saturated rings. The number of nitrogens with one attached hydrogen (secondary N) is 1. The molecule has 0 aliphatic carbocycles. The van der Waals surface area contributed by atoms with Crippen molar-refractivity contribution < 1.29 is 4.74 Å². The smallest absolute Gasteiger partial charge is 0.239 e. The van der Waals surface area contributed by atoms with Crippen LogP contribution in [0, 0.1) is 6.92 Å². The van der Waals surface area contributed by atoms with E-state index in [0.717, 1.165) is 10.2 Å². The van der Waals surface area contributed by atoms with Crippen molar-refractivity contribution in [3.63, 3.8) is 0 Å². The molecule has 0 bridgehead atoms. The van der Waals surface area contributed by atoms with Gasteiger partial charge in [-0.25, -0.2) is 0 Å². The van der Waals surface area contributed by atoms with Crippen LogP contribution in [0.25, 0.3) is 0 Å². The Morgan fingerprint density at radius 3 is 2.57 bits per heavy atom. The molecule has 1 aromatic heterocycles. The van der Waals surface area contributed by atoms with Crippen molar-refractivity contribution in [2.75, 3.05) is 11.1 Å². The van der Waals surface area contributed by atoms with E-state index in [0.29, 0.717) is 17.4 Å². The van der Waals surface area contributed by atoms with Gasteiger partial charge in [0.05, 0.1) is 11.4 Å². The van der Waals surface area contributed by atoms with E-state index in [1.807, 2.05) is 52.0 Å². The van der Waals surface area contributed by atoms with Gasteiger partial charge in [-0.1, -0.05) is 6.07 Å². The van der Waals surface area contributed by atoms with Gasteiger partial charge < -0.3 is 15.8 Å². The number of benzene rings is 1. The number of halogens is 1. The third-order valence-electron chi connectivity index (χ3n) is 2.68. The van der Waals surface area contributed by atoms with Crippen LogP contribution < -0.4 is 15.8 Å². The third kappa shape index (κ3) is 4.36. The molecule has 0 atom stereocenters. The van der Waals surface area contributed by atoms with E-state index in [2.05, 4.69) is 26.2 Å². The Labute approximate surface area is 133 Å². The van der Waals surface area contributed by atoms with Crippen molar-refractivity contribution in [3.8, 4) is 5.88 Å². The number of pyridine rings is 1. The predicted octanol–water partition coefficient (Wildman–Crippen LogP) is 4.66. The maximum absolute atomic E-state index is 5.92. The van der Waals surface area contributed by atoms with Crippen molar-refractivity contribution >= 4 is 33.1 Å². The summed E-state index contributed by atoms with van der Waals surface area (Å²) in [6, 6.07) is 9.72.